The third kappa shape index (κ3) is 3.89. The lowest BCUT2D eigenvalue weighted by molar-refractivity contribution is -0.119. The summed E-state index contributed by atoms with van der Waals surface area (Å²) in [5, 5.41) is 1.79. The molecule has 2 aromatic heterocycles. The predicted molar refractivity (Wildman–Crippen MR) is 86.8 cm³/mol. The Balaban J connectivity index is 1.51. The van der Waals surface area contributed by atoms with Gasteiger partial charge >= 0.3 is 5.91 Å². The number of nitrogens with one attached hydrogen (secondary N) is 2. The topological polar surface area (TPSA) is 84.2 Å². The summed E-state index contributed by atoms with van der Waals surface area (Å²) in [6, 6.07) is 14.7. The second kappa shape index (κ2) is 6.97. The summed E-state index contributed by atoms with van der Waals surface area (Å²) >= 11 is 1.29. The Bertz CT molecular complexity index is 833. The molecule has 2 amide bonds. The van der Waals surface area contributed by atoms with Gasteiger partial charge in [0.2, 0.25) is 5.91 Å². The number of carbonyl (C=O) groups excluding carboxylic acids is 2. The summed E-state index contributed by atoms with van der Waals surface area (Å²) in [4.78, 5) is 27.8. The smallest absolute Gasteiger partial charge is 0.305 e. The molecule has 116 valence electrons. The second-order valence-electron chi connectivity index (χ2n) is 4.61. The number of benzene rings is 1. The van der Waals surface area contributed by atoms with Crippen LogP contribution in [0.25, 0.3) is 10.9 Å². The standard InChI is InChI=1S/C16H13N3O3S/c20-14(18-19-16(21)13-6-3-9-22-13)10-23-15-8-7-11-4-1-2-5-12(11)17-15/h1-9H,10H2,(H,18,20)(H,19,21). The molecule has 23 heavy (non-hydrogen) atoms. The summed E-state index contributed by atoms with van der Waals surface area (Å²) in [6.45, 7) is 0. The Morgan fingerprint density at radius 1 is 1.04 bits per heavy atom. The van der Waals surface area contributed by atoms with Crippen molar-refractivity contribution in [3.63, 3.8) is 0 Å². The third-order valence-corrected chi connectivity index (χ3v) is 3.91. The van der Waals surface area contributed by atoms with E-state index in [-0.39, 0.29) is 17.4 Å². The molecule has 7 heteroatoms. The van der Waals surface area contributed by atoms with Crippen molar-refractivity contribution in [2.45, 2.75) is 5.03 Å². The molecular formula is C16H13N3O3S. The zero-order valence-corrected chi connectivity index (χ0v) is 12.8. The Labute approximate surface area is 136 Å². The van der Waals surface area contributed by atoms with Gasteiger partial charge in [-0.3, -0.25) is 20.4 Å². The van der Waals surface area contributed by atoms with E-state index in [9.17, 15) is 9.59 Å². The third-order valence-electron chi connectivity index (χ3n) is 2.98. The fraction of sp³-hybridized carbons (Fsp3) is 0.0625. The number of carbonyl (C=O) groups is 2. The molecule has 0 aliphatic rings. The SMILES string of the molecule is O=C(CSc1ccc2ccccc2n1)NNC(=O)c1ccco1. The number of fused-ring (bicyclic) bond motifs is 1. The van der Waals surface area contributed by atoms with Crippen LogP contribution in [0.5, 0.6) is 0 Å². The minimum absolute atomic E-state index is 0.133. The van der Waals surface area contributed by atoms with E-state index < -0.39 is 5.91 Å². The number of aromatic nitrogens is 1. The predicted octanol–water partition coefficient (Wildman–Crippen LogP) is 2.38. The maximum Gasteiger partial charge on any atom is 0.305 e. The quantitative estimate of drug-likeness (QED) is 0.568. The number of hydrogen-bond acceptors (Lipinski definition) is 5. The van der Waals surface area contributed by atoms with E-state index in [1.165, 1.54) is 24.1 Å². The van der Waals surface area contributed by atoms with Crippen LogP contribution in [0.15, 0.2) is 64.2 Å². The number of hydrazine groups is 1. The number of rotatable bonds is 4. The highest BCUT2D eigenvalue weighted by Gasteiger charge is 2.10. The van der Waals surface area contributed by atoms with Crippen LogP contribution in [0.1, 0.15) is 10.6 Å². The largest absolute Gasteiger partial charge is 0.459 e. The summed E-state index contributed by atoms with van der Waals surface area (Å²) in [7, 11) is 0. The van der Waals surface area contributed by atoms with Gasteiger partial charge in [0.25, 0.3) is 0 Å². The van der Waals surface area contributed by atoms with Gasteiger partial charge in [-0.1, -0.05) is 36.0 Å². The highest BCUT2D eigenvalue weighted by atomic mass is 32.2. The Hall–Kier alpha value is -2.80. The van der Waals surface area contributed by atoms with Gasteiger partial charge in [0.1, 0.15) is 0 Å². The van der Waals surface area contributed by atoms with Gasteiger partial charge in [0, 0.05) is 5.39 Å². The number of pyridine rings is 1. The first kappa shape index (κ1) is 15.1. The molecule has 0 aliphatic carbocycles. The first-order valence-corrected chi connectivity index (χ1v) is 7.82. The van der Waals surface area contributed by atoms with Crippen molar-refractivity contribution < 1.29 is 14.0 Å². The molecular weight excluding hydrogens is 314 g/mol. The van der Waals surface area contributed by atoms with Gasteiger partial charge in [0.15, 0.2) is 5.76 Å². The number of hydrogen-bond donors (Lipinski definition) is 2. The second-order valence-corrected chi connectivity index (χ2v) is 5.61. The van der Waals surface area contributed by atoms with Crippen LogP contribution in [0.4, 0.5) is 0 Å². The monoisotopic (exact) mass is 327 g/mol. The van der Waals surface area contributed by atoms with Crippen molar-refractivity contribution in [2.24, 2.45) is 0 Å². The van der Waals surface area contributed by atoms with E-state index in [0.717, 1.165) is 15.9 Å². The average molecular weight is 327 g/mol. The molecule has 2 heterocycles. The molecule has 2 N–H and O–H groups in total. The van der Waals surface area contributed by atoms with Gasteiger partial charge in [-0.25, -0.2) is 4.98 Å². The molecule has 0 saturated carbocycles. The molecule has 0 bridgehead atoms. The molecule has 0 radical (unpaired) electrons. The van der Waals surface area contributed by atoms with Crippen molar-refractivity contribution in [3.8, 4) is 0 Å². The number of furan rings is 1. The van der Waals surface area contributed by atoms with E-state index in [0.29, 0.717) is 0 Å². The van der Waals surface area contributed by atoms with Crippen LogP contribution >= 0.6 is 11.8 Å². The van der Waals surface area contributed by atoms with Gasteiger partial charge in [-0.15, -0.1) is 0 Å². The molecule has 0 unspecified atom stereocenters. The van der Waals surface area contributed by atoms with Crippen LogP contribution in [0.3, 0.4) is 0 Å². The van der Waals surface area contributed by atoms with Gasteiger partial charge in [-0.2, -0.15) is 0 Å². The van der Waals surface area contributed by atoms with Crippen molar-refractivity contribution in [1.29, 1.82) is 0 Å². The Morgan fingerprint density at radius 3 is 2.74 bits per heavy atom. The average Bonchev–Trinajstić information content (AvgIpc) is 3.12. The number of amides is 2. The van der Waals surface area contributed by atoms with Crippen molar-refractivity contribution >= 4 is 34.5 Å². The van der Waals surface area contributed by atoms with Crippen LogP contribution in [0.2, 0.25) is 0 Å². The lowest BCUT2D eigenvalue weighted by Gasteiger charge is -2.06. The van der Waals surface area contributed by atoms with Crippen LogP contribution < -0.4 is 10.9 Å². The maximum absolute atomic E-state index is 11.7. The van der Waals surface area contributed by atoms with E-state index in [2.05, 4.69) is 15.8 Å². The molecule has 0 fully saturated rings. The fourth-order valence-corrected chi connectivity index (χ4v) is 2.58. The minimum atomic E-state index is -0.503. The van der Waals surface area contributed by atoms with E-state index in [4.69, 9.17) is 4.42 Å². The summed E-state index contributed by atoms with van der Waals surface area (Å²) in [5.74, 6) is -0.555. The molecule has 3 aromatic rings. The molecule has 6 nitrogen and oxygen atoms in total. The summed E-state index contributed by atoms with van der Waals surface area (Å²) < 4.78 is 4.92. The lowest BCUT2D eigenvalue weighted by Crippen LogP contribution is -2.42. The lowest BCUT2D eigenvalue weighted by atomic mass is 10.2. The highest BCUT2D eigenvalue weighted by molar-refractivity contribution is 7.99. The minimum Gasteiger partial charge on any atom is -0.459 e. The molecule has 0 saturated heterocycles. The molecule has 0 spiro atoms. The first-order chi connectivity index (χ1) is 11.2. The summed E-state index contributed by atoms with van der Waals surface area (Å²) in [5.41, 5.74) is 5.49. The fourth-order valence-electron chi connectivity index (χ4n) is 1.90. The van der Waals surface area contributed by atoms with Gasteiger partial charge in [0.05, 0.1) is 22.6 Å². The van der Waals surface area contributed by atoms with Crippen molar-refractivity contribution in [2.75, 3.05) is 5.75 Å². The van der Waals surface area contributed by atoms with Gasteiger partial charge in [-0.05, 0) is 24.3 Å². The normalized spacial score (nSPS) is 10.4. The number of nitrogens with zero attached hydrogens (tertiary/aromatic N) is 1. The van der Waals surface area contributed by atoms with E-state index in [1.54, 1.807) is 6.07 Å². The molecule has 1 aromatic carbocycles. The van der Waals surface area contributed by atoms with E-state index >= 15 is 0 Å². The molecule has 0 atom stereocenters. The van der Waals surface area contributed by atoms with Crippen LogP contribution in [-0.2, 0) is 4.79 Å². The zero-order valence-electron chi connectivity index (χ0n) is 12.0. The first-order valence-electron chi connectivity index (χ1n) is 6.84. The summed E-state index contributed by atoms with van der Waals surface area (Å²) in [6.07, 6.45) is 1.39. The molecule has 3 rings (SSSR count). The number of thioether (sulfide) groups is 1. The van der Waals surface area contributed by atoms with Crippen LogP contribution in [0, 0.1) is 0 Å². The zero-order chi connectivity index (χ0) is 16.1. The Morgan fingerprint density at radius 2 is 1.91 bits per heavy atom. The van der Waals surface area contributed by atoms with Crippen molar-refractivity contribution in [1.82, 2.24) is 15.8 Å². The maximum atomic E-state index is 11.7. The van der Waals surface area contributed by atoms with E-state index in [1.807, 2.05) is 36.4 Å². The molecule has 0 aliphatic heterocycles. The van der Waals surface area contributed by atoms with Crippen molar-refractivity contribution in [3.05, 3.63) is 60.6 Å². The highest BCUT2D eigenvalue weighted by Crippen LogP contribution is 2.19. The van der Waals surface area contributed by atoms with Gasteiger partial charge < -0.3 is 4.42 Å². The van der Waals surface area contributed by atoms with Crippen LogP contribution in [-0.4, -0.2) is 22.6 Å². The Kier molecular flexibility index (Phi) is 4.58. The number of para-hydroxylation sites is 1.